The summed E-state index contributed by atoms with van der Waals surface area (Å²) in [5, 5.41) is 0.197. The van der Waals surface area contributed by atoms with E-state index in [9.17, 15) is 4.79 Å². The molecule has 0 bridgehead atoms. The fraction of sp³-hybridized carbons (Fsp3) is 0.611. The van der Waals surface area contributed by atoms with Crippen LogP contribution in [0.15, 0.2) is 36.0 Å². The first kappa shape index (κ1) is 18.1. The van der Waals surface area contributed by atoms with Crippen LogP contribution in [0.5, 0.6) is 0 Å². The summed E-state index contributed by atoms with van der Waals surface area (Å²) in [4.78, 5) is 11.4. The minimum absolute atomic E-state index is 0.0650. The molecule has 0 aromatic heterocycles. The Kier molecular flexibility index (Phi) is 5.56. The summed E-state index contributed by atoms with van der Waals surface area (Å²) in [6, 6.07) is 0. The maximum Gasteiger partial charge on any atom is 0.192 e. The molecule has 0 atom stereocenters. The van der Waals surface area contributed by atoms with Crippen LogP contribution in [0.25, 0.3) is 0 Å². The van der Waals surface area contributed by atoms with Crippen molar-refractivity contribution in [2.24, 2.45) is 5.41 Å². The topological polar surface area (TPSA) is 26.3 Å². The summed E-state index contributed by atoms with van der Waals surface area (Å²) in [5.41, 5.74) is 1.11. The van der Waals surface area contributed by atoms with E-state index in [2.05, 4.69) is 53.8 Å². The number of allylic oxidation sites excluding steroid dienone is 4. The van der Waals surface area contributed by atoms with Crippen LogP contribution >= 0.6 is 0 Å². The van der Waals surface area contributed by atoms with Crippen LogP contribution in [0.1, 0.15) is 41.0 Å². The summed E-state index contributed by atoms with van der Waals surface area (Å²) in [5.74, 6) is 0.0650. The number of carbonyl (C=O) groups is 1. The third-order valence-corrected chi connectivity index (χ3v) is 9.04. The lowest BCUT2D eigenvalue weighted by Gasteiger charge is -2.39. The summed E-state index contributed by atoms with van der Waals surface area (Å²) in [6.07, 6.45) is 10.5. The molecule has 0 fully saturated rings. The third kappa shape index (κ3) is 5.08. The van der Waals surface area contributed by atoms with Crippen molar-refractivity contribution >= 4 is 14.1 Å². The molecule has 1 aliphatic carbocycles. The molecule has 0 saturated heterocycles. The van der Waals surface area contributed by atoms with Crippen LogP contribution in [-0.2, 0) is 9.22 Å². The summed E-state index contributed by atoms with van der Waals surface area (Å²) in [6.45, 7) is 16.1. The smallest absolute Gasteiger partial charge is 0.192 e. The average molecular weight is 307 g/mol. The Morgan fingerprint density at radius 1 is 1.24 bits per heavy atom. The molecule has 0 heterocycles. The van der Waals surface area contributed by atoms with Gasteiger partial charge in [0.05, 0.1) is 0 Å². The first-order valence-electron chi connectivity index (χ1n) is 7.67. The molecule has 0 aromatic rings. The molecule has 118 valence electrons. The van der Waals surface area contributed by atoms with E-state index in [0.717, 1.165) is 6.42 Å². The molecule has 21 heavy (non-hydrogen) atoms. The molecule has 0 aromatic carbocycles. The molecule has 0 saturated carbocycles. The Labute approximate surface area is 131 Å². The van der Waals surface area contributed by atoms with Gasteiger partial charge >= 0.3 is 0 Å². The summed E-state index contributed by atoms with van der Waals surface area (Å²) in [7, 11) is -1.78. The van der Waals surface area contributed by atoms with Crippen LogP contribution in [-0.4, -0.2) is 20.7 Å². The molecule has 3 heteroatoms. The third-order valence-electron chi connectivity index (χ3n) is 4.56. The zero-order valence-corrected chi connectivity index (χ0v) is 15.6. The SMILES string of the molecule is CC(C)=CCC1(CO[Si](C)(C)C(C)(C)C)C=CC(=O)C=C1. The highest BCUT2D eigenvalue weighted by atomic mass is 28.4. The standard InChI is InChI=1S/C18H30O2Si/c1-15(2)8-11-18(12-9-16(19)10-13-18)14-20-21(6,7)17(3,4)5/h8-10,12-13H,11,14H2,1-7H3. The number of ketones is 1. The van der Waals surface area contributed by atoms with E-state index in [-0.39, 0.29) is 16.2 Å². The molecule has 0 spiro atoms. The highest BCUT2D eigenvalue weighted by Gasteiger charge is 2.39. The largest absolute Gasteiger partial charge is 0.416 e. The number of hydrogen-bond acceptors (Lipinski definition) is 2. The van der Waals surface area contributed by atoms with E-state index in [1.807, 2.05) is 12.2 Å². The molecule has 0 amide bonds. The first-order chi connectivity index (χ1) is 9.47. The Balaban J connectivity index is 2.90. The summed E-state index contributed by atoms with van der Waals surface area (Å²) < 4.78 is 6.40. The van der Waals surface area contributed by atoms with Crippen LogP contribution in [0.4, 0.5) is 0 Å². The Bertz CT molecular complexity index is 456. The Morgan fingerprint density at radius 3 is 2.19 bits per heavy atom. The normalized spacial score (nSPS) is 18.0. The predicted octanol–water partition coefficient (Wildman–Crippen LogP) is 5.05. The quantitative estimate of drug-likeness (QED) is 0.525. The van der Waals surface area contributed by atoms with Crippen molar-refractivity contribution < 1.29 is 9.22 Å². The van der Waals surface area contributed by atoms with E-state index < -0.39 is 8.32 Å². The minimum atomic E-state index is -1.78. The van der Waals surface area contributed by atoms with Gasteiger partial charge in [0.15, 0.2) is 14.1 Å². The van der Waals surface area contributed by atoms with Crippen LogP contribution < -0.4 is 0 Å². The van der Waals surface area contributed by atoms with Crippen LogP contribution in [0.3, 0.4) is 0 Å². The average Bonchev–Trinajstić information content (AvgIpc) is 2.36. The number of rotatable bonds is 5. The number of carbonyl (C=O) groups excluding carboxylic acids is 1. The maximum absolute atomic E-state index is 11.4. The molecule has 0 N–H and O–H groups in total. The minimum Gasteiger partial charge on any atom is -0.416 e. The first-order valence-corrected chi connectivity index (χ1v) is 10.6. The lowest BCUT2D eigenvalue weighted by Crippen LogP contribution is -2.43. The van der Waals surface area contributed by atoms with E-state index in [1.165, 1.54) is 5.57 Å². The lowest BCUT2D eigenvalue weighted by atomic mass is 9.81. The molecule has 0 unspecified atom stereocenters. The molecular formula is C18H30O2Si. The molecule has 1 aliphatic rings. The highest BCUT2D eigenvalue weighted by molar-refractivity contribution is 6.74. The monoisotopic (exact) mass is 306 g/mol. The van der Waals surface area contributed by atoms with E-state index in [4.69, 9.17) is 4.43 Å². The van der Waals surface area contributed by atoms with Crippen molar-refractivity contribution in [3.63, 3.8) is 0 Å². The van der Waals surface area contributed by atoms with Gasteiger partial charge in [-0.05, 0) is 50.6 Å². The van der Waals surface area contributed by atoms with Crippen molar-refractivity contribution in [3.8, 4) is 0 Å². The van der Waals surface area contributed by atoms with Gasteiger partial charge < -0.3 is 4.43 Å². The predicted molar refractivity (Wildman–Crippen MR) is 92.9 cm³/mol. The van der Waals surface area contributed by atoms with Gasteiger partial charge in [0.1, 0.15) is 0 Å². The zero-order chi connectivity index (χ0) is 16.3. The Hall–Kier alpha value is -0.933. The van der Waals surface area contributed by atoms with E-state index >= 15 is 0 Å². The summed E-state index contributed by atoms with van der Waals surface area (Å²) >= 11 is 0. The van der Waals surface area contributed by atoms with Crippen LogP contribution in [0, 0.1) is 5.41 Å². The van der Waals surface area contributed by atoms with Gasteiger partial charge in [-0.3, -0.25) is 4.79 Å². The Morgan fingerprint density at radius 2 is 1.76 bits per heavy atom. The van der Waals surface area contributed by atoms with Gasteiger partial charge in [-0.2, -0.15) is 0 Å². The van der Waals surface area contributed by atoms with Crippen molar-refractivity contribution in [2.45, 2.75) is 59.2 Å². The van der Waals surface area contributed by atoms with E-state index in [0.29, 0.717) is 6.61 Å². The highest BCUT2D eigenvalue weighted by Crippen LogP contribution is 2.39. The molecule has 0 radical (unpaired) electrons. The van der Waals surface area contributed by atoms with Crippen LogP contribution in [0.2, 0.25) is 18.1 Å². The van der Waals surface area contributed by atoms with E-state index in [1.54, 1.807) is 12.2 Å². The second-order valence-corrected chi connectivity index (χ2v) is 12.6. The fourth-order valence-corrected chi connectivity index (χ4v) is 2.89. The van der Waals surface area contributed by atoms with Gasteiger partial charge in [0.25, 0.3) is 0 Å². The fourth-order valence-electron chi connectivity index (χ4n) is 1.82. The van der Waals surface area contributed by atoms with Crippen molar-refractivity contribution in [2.75, 3.05) is 6.61 Å². The van der Waals surface area contributed by atoms with Gasteiger partial charge in [-0.25, -0.2) is 0 Å². The number of hydrogen-bond donors (Lipinski definition) is 0. The second kappa shape index (κ2) is 6.45. The second-order valence-electron chi connectivity index (χ2n) is 7.84. The molecular weight excluding hydrogens is 276 g/mol. The lowest BCUT2D eigenvalue weighted by molar-refractivity contribution is -0.110. The zero-order valence-electron chi connectivity index (χ0n) is 14.6. The van der Waals surface area contributed by atoms with Gasteiger partial charge in [0, 0.05) is 12.0 Å². The van der Waals surface area contributed by atoms with Crippen molar-refractivity contribution in [1.29, 1.82) is 0 Å². The molecule has 0 aliphatic heterocycles. The molecule has 2 nitrogen and oxygen atoms in total. The van der Waals surface area contributed by atoms with Gasteiger partial charge in [0.2, 0.25) is 0 Å². The maximum atomic E-state index is 11.4. The van der Waals surface area contributed by atoms with Gasteiger partial charge in [-0.1, -0.05) is 44.6 Å². The van der Waals surface area contributed by atoms with Crippen molar-refractivity contribution in [3.05, 3.63) is 36.0 Å². The van der Waals surface area contributed by atoms with Crippen molar-refractivity contribution in [1.82, 2.24) is 0 Å². The molecule has 1 rings (SSSR count). The van der Waals surface area contributed by atoms with Gasteiger partial charge in [-0.15, -0.1) is 0 Å².